The van der Waals surface area contributed by atoms with Gasteiger partial charge in [-0.15, -0.1) is 0 Å². The lowest BCUT2D eigenvalue weighted by Crippen LogP contribution is -1.82. The summed E-state index contributed by atoms with van der Waals surface area (Å²) in [6.07, 6.45) is 5.10. The van der Waals surface area contributed by atoms with Gasteiger partial charge in [0.05, 0.1) is 12.4 Å². The van der Waals surface area contributed by atoms with Crippen LogP contribution in [0.3, 0.4) is 0 Å². The van der Waals surface area contributed by atoms with Crippen LogP contribution in [0, 0.1) is 0 Å². The first-order valence-corrected chi connectivity index (χ1v) is 3.13. The molecule has 0 aliphatic rings. The van der Waals surface area contributed by atoms with Crippen molar-refractivity contribution in [3.8, 4) is 0 Å². The quantitative estimate of drug-likeness (QED) is 0.512. The summed E-state index contributed by atoms with van der Waals surface area (Å²) in [6.45, 7) is 0. The lowest BCUT2D eigenvalue weighted by Gasteiger charge is -1.80. The van der Waals surface area contributed by atoms with Gasteiger partial charge in [0.1, 0.15) is 17.4 Å². The molecule has 2 heterocycles. The predicted octanol–water partition coefficient (Wildman–Crippen LogP) is -0.546. The number of aromatic nitrogens is 4. The van der Waals surface area contributed by atoms with E-state index < -0.39 is 0 Å². The molecular formula is C6H7N5O. The molecule has 0 atom stereocenters. The highest BCUT2D eigenvalue weighted by Crippen LogP contribution is 2.00. The minimum absolute atomic E-state index is 0.250. The maximum Gasteiger partial charge on any atom is 0.204 e. The molecule has 0 spiro atoms. The van der Waals surface area contributed by atoms with Crippen LogP contribution in [-0.2, 0) is 4.79 Å². The van der Waals surface area contributed by atoms with Crippen LogP contribution in [0.5, 0.6) is 0 Å². The summed E-state index contributed by atoms with van der Waals surface area (Å²) >= 11 is 0. The van der Waals surface area contributed by atoms with Crippen molar-refractivity contribution in [3.63, 3.8) is 0 Å². The zero-order valence-corrected chi connectivity index (χ0v) is 6.14. The molecule has 2 rings (SSSR count). The monoisotopic (exact) mass is 165 g/mol. The molecule has 2 aromatic rings. The van der Waals surface area contributed by atoms with Gasteiger partial charge in [0.15, 0.2) is 0 Å². The van der Waals surface area contributed by atoms with E-state index in [0.717, 1.165) is 11.0 Å². The van der Waals surface area contributed by atoms with E-state index in [4.69, 9.17) is 4.79 Å². The topological polar surface area (TPSA) is 97.6 Å². The number of nitrogens with zero attached hydrogens (tertiary/aromatic N) is 3. The second kappa shape index (κ2) is 4.02. The molecule has 0 aliphatic carbocycles. The molecule has 3 N–H and O–H groups in total. The summed E-state index contributed by atoms with van der Waals surface area (Å²) in [5, 5.41) is 6.52. The average Bonchev–Trinajstić information content (AvgIpc) is 2.52. The van der Waals surface area contributed by atoms with Crippen molar-refractivity contribution >= 4 is 17.4 Å². The molecule has 12 heavy (non-hydrogen) atoms. The van der Waals surface area contributed by atoms with Crippen LogP contribution in [0.25, 0.3) is 11.0 Å². The van der Waals surface area contributed by atoms with Crippen molar-refractivity contribution in [3.05, 3.63) is 18.7 Å². The van der Waals surface area contributed by atoms with Crippen molar-refractivity contribution in [2.75, 3.05) is 0 Å². The number of carbonyl (C=O) groups is 1. The van der Waals surface area contributed by atoms with Crippen LogP contribution < -0.4 is 5.73 Å². The second-order valence-corrected chi connectivity index (χ2v) is 1.83. The predicted molar refractivity (Wildman–Crippen MR) is 41.9 cm³/mol. The molecule has 0 unspecified atom stereocenters. The zero-order chi connectivity index (χ0) is 8.81. The molecule has 6 heteroatoms. The smallest absolute Gasteiger partial charge is 0.204 e. The number of aromatic amines is 1. The van der Waals surface area contributed by atoms with Crippen molar-refractivity contribution in [1.29, 1.82) is 0 Å². The van der Waals surface area contributed by atoms with Gasteiger partial charge in [0.25, 0.3) is 0 Å². The number of carbonyl (C=O) groups excluding carboxylic acids is 1. The van der Waals surface area contributed by atoms with E-state index in [2.05, 4.69) is 25.9 Å². The molecule has 0 fully saturated rings. The highest BCUT2D eigenvalue weighted by atomic mass is 16.1. The Hall–Kier alpha value is -1.98. The lowest BCUT2D eigenvalue weighted by molar-refractivity contribution is -0.106. The van der Waals surface area contributed by atoms with Crippen LogP contribution in [0.1, 0.15) is 0 Å². The number of hydrogen-bond donors (Lipinski definition) is 2. The summed E-state index contributed by atoms with van der Waals surface area (Å²) in [5.74, 6) is 0. The third-order valence-corrected chi connectivity index (χ3v) is 1.11. The standard InChI is InChI=1S/C5H4N4.CH3NO/c1-5-4(2-8-9-5)7-3-6-1;2-1-3/h1-3H,(H,8,9);1H,(H2,2,3). The second-order valence-electron chi connectivity index (χ2n) is 1.83. The maximum absolute atomic E-state index is 8.58. The number of rotatable bonds is 0. The Balaban J connectivity index is 0.000000213. The molecule has 1 amide bonds. The van der Waals surface area contributed by atoms with Crippen molar-refractivity contribution in [1.82, 2.24) is 20.2 Å². The van der Waals surface area contributed by atoms with E-state index in [-0.39, 0.29) is 6.41 Å². The molecular weight excluding hydrogens is 158 g/mol. The molecule has 0 radical (unpaired) electrons. The summed E-state index contributed by atoms with van der Waals surface area (Å²) < 4.78 is 0. The molecule has 2 aromatic heterocycles. The summed E-state index contributed by atoms with van der Waals surface area (Å²) in [6, 6.07) is 0. The van der Waals surface area contributed by atoms with Gasteiger partial charge in [-0.05, 0) is 0 Å². The molecule has 0 saturated carbocycles. The number of primary amides is 1. The van der Waals surface area contributed by atoms with Crippen LogP contribution in [0.15, 0.2) is 18.7 Å². The molecule has 0 aromatic carbocycles. The summed E-state index contributed by atoms with van der Waals surface area (Å²) in [7, 11) is 0. The van der Waals surface area contributed by atoms with Crippen molar-refractivity contribution < 1.29 is 4.79 Å². The first kappa shape index (κ1) is 8.12. The van der Waals surface area contributed by atoms with E-state index in [1.54, 1.807) is 12.4 Å². The Kier molecular flexibility index (Phi) is 2.72. The molecule has 6 nitrogen and oxygen atoms in total. The first-order valence-electron chi connectivity index (χ1n) is 3.13. The SMILES string of the molecule is NC=O.c1ncc2[nH]ncc2n1. The number of hydrogen-bond acceptors (Lipinski definition) is 4. The van der Waals surface area contributed by atoms with E-state index in [9.17, 15) is 0 Å². The fraction of sp³-hybridized carbons (Fsp3) is 0. The highest BCUT2D eigenvalue weighted by Gasteiger charge is 1.90. The number of H-pyrrole nitrogens is 1. The fourth-order valence-corrected chi connectivity index (χ4v) is 0.691. The minimum Gasteiger partial charge on any atom is -0.372 e. The van der Waals surface area contributed by atoms with Gasteiger partial charge in [-0.3, -0.25) is 9.89 Å². The molecule has 62 valence electrons. The summed E-state index contributed by atoms with van der Waals surface area (Å²) in [4.78, 5) is 16.3. The summed E-state index contributed by atoms with van der Waals surface area (Å²) in [5.41, 5.74) is 5.89. The normalized spacial score (nSPS) is 8.67. The van der Waals surface area contributed by atoms with Crippen LogP contribution >= 0.6 is 0 Å². The van der Waals surface area contributed by atoms with Crippen LogP contribution in [-0.4, -0.2) is 26.6 Å². The molecule has 0 saturated heterocycles. The lowest BCUT2D eigenvalue weighted by atomic mass is 10.5. The number of nitrogens with two attached hydrogens (primary N) is 1. The Morgan fingerprint density at radius 1 is 1.50 bits per heavy atom. The number of fused-ring (bicyclic) bond motifs is 1. The maximum atomic E-state index is 8.58. The van der Waals surface area contributed by atoms with Crippen LogP contribution in [0.4, 0.5) is 0 Å². The zero-order valence-electron chi connectivity index (χ0n) is 6.14. The van der Waals surface area contributed by atoms with Crippen molar-refractivity contribution in [2.45, 2.75) is 0 Å². The highest BCUT2D eigenvalue weighted by molar-refractivity contribution is 5.71. The Labute approximate surface area is 67.8 Å². The van der Waals surface area contributed by atoms with E-state index in [1.807, 2.05) is 0 Å². The van der Waals surface area contributed by atoms with Gasteiger partial charge in [0.2, 0.25) is 6.41 Å². The third kappa shape index (κ3) is 1.75. The largest absolute Gasteiger partial charge is 0.372 e. The van der Waals surface area contributed by atoms with Gasteiger partial charge in [-0.25, -0.2) is 9.97 Å². The molecule has 0 bridgehead atoms. The number of amides is 1. The number of nitrogens with one attached hydrogen (secondary N) is 1. The van der Waals surface area contributed by atoms with E-state index in [0.29, 0.717) is 0 Å². The van der Waals surface area contributed by atoms with Gasteiger partial charge >= 0.3 is 0 Å². The Bertz CT molecular complexity index is 327. The fourth-order valence-electron chi connectivity index (χ4n) is 0.691. The Morgan fingerprint density at radius 2 is 2.25 bits per heavy atom. The van der Waals surface area contributed by atoms with Gasteiger partial charge in [0, 0.05) is 0 Å². The van der Waals surface area contributed by atoms with Crippen molar-refractivity contribution in [2.24, 2.45) is 5.73 Å². The van der Waals surface area contributed by atoms with Crippen LogP contribution in [0.2, 0.25) is 0 Å². The molecule has 0 aliphatic heterocycles. The Morgan fingerprint density at radius 3 is 2.92 bits per heavy atom. The minimum atomic E-state index is 0.250. The van der Waals surface area contributed by atoms with E-state index in [1.165, 1.54) is 6.33 Å². The van der Waals surface area contributed by atoms with Gasteiger partial charge in [-0.1, -0.05) is 0 Å². The third-order valence-electron chi connectivity index (χ3n) is 1.11. The van der Waals surface area contributed by atoms with E-state index >= 15 is 0 Å². The van der Waals surface area contributed by atoms with Gasteiger partial charge in [-0.2, -0.15) is 5.10 Å². The van der Waals surface area contributed by atoms with Gasteiger partial charge < -0.3 is 5.73 Å². The average molecular weight is 165 g/mol. The first-order chi connectivity index (χ1) is 5.88.